The molecule has 0 saturated heterocycles. The molecule has 0 heterocycles. The molecule has 2 unspecified atom stereocenters. The van der Waals surface area contributed by atoms with E-state index < -0.39 is 98.1 Å². The summed E-state index contributed by atoms with van der Waals surface area (Å²) in [7, 11) is -9.58. The van der Waals surface area contributed by atoms with Gasteiger partial charge >= 0.3 is 45.5 Å². The number of nitro groups is 2. The number of benzene rings is 4. The van der Waals surface area contributed by atoms with Crippen LogP contribution in [-0.2, 0) is 34.6 Å². The molecule has 57 heavy (non-hydrogen) atoms. The zero-order chi connectivity index (χ0) is 41.8. The van der Waals surface area contributed by atoms with Gasteiger partial charge in [-0.1, -0.05) is 36.4 Å². The van der Waals surface area contributed by atoms with Gasteiger partial charge in [0, 0.05) is 17.8 Å². The minimum atomic E-state index is -4.92. The first-order valence-electron chi connectivity index (χ1n) is 15.2. The second-order valence-electron chi connectivity index (χ2n) is 10.8. The maximum atomic E-state index is 12.2. The molecule has 25 heteroatoms. The van der Waals surface area contributed by atoms with Crippen LogP contribution in [0.2, 0.25) is 0 Å². The number of hydrogen-bond acceptors (Lipinski definition) is 18. The van der Waals surface area contributed by atoms with Gasteiger partial charge in [-0.2, -0.15) is 18.6 Å². The van der Waals surface area contributed by atoms with Crippen molar-refractivity contribution in [2.75, 3.05) is 5.32 Å². The Hall–Kier alpha value is -5.54. The monoisotopic (exact) mass is 898 g/mol. The van der Waals surface area contributed by atoms with Crippen molar-refractivity contribution in [2.24, 2.45) is 25.4 Å². The Labute approximate surface area is 359 Å². The number of aliphatic imine (C=N–C) groups is 1. The van der Waals surface area contributed by atoms with E-state index in [0.717, 1.165) is 38.1 Å². The smallest absolute Gasteiger partial charge is 0.860 e. The predicted octanol–water partition coefficient (Wildman–Crippen LogP) is 3.77. The zero-order valence-corrected chi connectivity index (χ0v) is 34.4. The fraction of sp³-hybridized carbons (Fsp3) is 0.125. The Morgan fingerprint density at radius 1 is 0.702 bits per heavy atom. The van der Waals surface area contributed by atoms with E-state index in [1.54, 1.807) is 48.5 Å². The summed E-state index contributed by atoms with van der Waals surface area (Å²) in [6.45, 7) is 2.17. The minimum absolute atomic E-state index is 0. The maximum Gasteiger partial charge on any atom is 2.00 e. The standard InChI is InChI=1S/2C16H14N4O7S.Sr/c2*1-10(21)15(16(22)17-11-5-3-2-4-6-11)19-18-13-8-7-12(28(25,26)27)9-14(13)20(23)24;/h2*2-9,15H,1H3,(H,17,22)(H,25,26,27);/q;;+2/p-2. The largest absolute Gasteiger partial charge is 2.00 e. The van der Waals surface area contributed by atoms with E-state index in [1.807, 2.05) is 0 Å². The summed E-state index contributed by atoms with van der Waals surface area (Å²) in [6.07, 6.45) is 0. The molecule has 4 aromatic carbocycles. The molecule has 0 spiro atoms. The number of rotatable bonds is 14. The number of carbonyl (C=O) groups excluding carboxylic acids is 3. The van der Waals surface area contributed by atoms with E-state index in [9.17, 15) is 61.1 Å². The van der Waals surface area contributed by atoms with Crippen LogP contribution in [0, 0.1) is 20.2 Å². The molecule has 0 aliphatic rings. The van der Waals surface area contributed by atoms with Crippen LogP contribution >= 0.6 is 0 Å². The van der Waals surface area contributed by atoms with Gasteiger partial charge in [-0.05, 0) is 68.3 Å². The van der Waals surface area contributed by atoms with E-state index in [0.29, 0.717) is 17.8 Å². The van der Waals surface area contributed by atoms with Gasteiger partial charge in [-0.25, -0.2) is 8.42 Å². The molecule has 0 aromatic heterocycles. The molecular formula is C32H26N8O14S2Sr. The number of para-hydroxylation sites is 2. The first-order valence-corrected chi connectivity index (χ1v) is 18.0. The van der Waals surface area contributed by atoms with Gasteiger partial charge in [0.15, 0.2) is 29.0 Å². The fourth-order valence-corrected chi connectivity index (χ4v) is 5.06. The molecule has 1 amide bonds. The van der Waals surface area contributed by atoms with Gasteiger partial charge in [0.1, 0.15) is 15.0 Å². The van der Waals surface area contributed by atoms with Crippen LogP contribution in [0.3, 0.4) is 0 Å². The number of ketones is 2. The Bertz CT molecular complexity index is 2470. The second-order valence-corrected chi connectivity index (χ2v) is 13.6. The SMILES string of the molecule is CC(=O)C(N=Nc1ccc(S(=O)(=O)O)cc1[N+](=O)[O-])C(=O)Nc1ccccc1.CC(=O)C(N=Nc1ccc(S(=O)(=O)[O-])cc1[N+](=O)[O-])C([O-])=Nc1ccccc1.[Sr+2]. The van der Waals surface area contributed by atoms with Crippen molar-refractivity contribution in [3.8, 4) is 0 Å². The average molecular weight is 898 g/mol. The van der Waals surface area contributed by atoms with Gasteiger partial charge < -0.3 is 15.0 Å². The molecule has 0 aliphatic heterocycles. The minimum Gasteiger partial charge on any atom is -0.860 e. The number of carbonyl (C=O) groups is 3. The summed E-state index contributed by atoms with van der Waals surface area (Å²) in [6, 6.07) is 17.7. The van der Waals surface area contributed by atoms with E-state index >= 15 is 0 Å². The van der Waals surface area contributed by atoms with Gasteiger partial charge in [0.25, 0.3) is 27.4 Å². The summed E-state index contributed by atoms with van der Waals surface area (Å²) < 4.78 is 64.2. The molecule has 0 saturated carbocycles. The normalized spacial score (nSPS) is 12.7. The molecule has 2 atom stereocenters. The number of hydrogen-bond donors (Lipinski definition) is 2. The molecule has 4 rings (SSSR count). The Morgan fingerprint density at radius 3 is 1.58 bits per heavy atom. The first kappa shape index (κ1) is 47.6. The molecule has 0 bridgehead atoms. The van der Waals surface area contributed by atoms with Crippen molar-refractivity contribution in [3.05, 3.63) is 117 Å². The van der Waals surface area contributed by atoms with Crippen LogP contribution < -0.4 is 10.4 Å². The molecule has 2 N–H and O–H groups in total. The van der Waals surface area contributed by atoms with Gasteiger partial charge in [-0.3, -0.25) is 44.2 Å². The van der Waals surface area contributed by atoms with Crippen LogP contribution in [0.5, 0.6) is 0 Å². The van der Waals surface area contributed by atoms with Crippen molar-refractivity contribution in [2.45, 2.75) is 35.7 Å². The first-order chi connectivity index (χ1) is 26.2. The van der Waals surface area contributed by atoms with E-state index in [1.165, 1.54) is 12.1 Å². The fourth-order valence-electron chi connectivity index (χ4n) is 4.07. The number of nitro benzene ring substituents is 2. The Balaban J connectivity index is 0.000000387. The van der Waals surface area contributed by atoms with Crippen LogP contribution in [0.15, 0.2) is 132 Å². The topological polar surface area (TPSA) is 346 Å². The molecule has 0 aliphatic carbocycles. The quantitative estimate of drug-likeness (QED) is 0.0266. The number of nitrogens with zero attached hydrogens (tertiary/aromatic N) is 7. The molecular weight excluding hydrogens is 872 g/mol. The van der Waals surface area contributed by atoms with Gasteiger partial charge in [-0.15, -0.1) is 10.2 Å². The number of Topliss-reactive ketones (excluding diaryl/α,β-unsaturated/α-hetero) is 2. The van der Waals surface area contributed by atoms with Crippen molar-refractivity contribution in [1.29, 1.82) is 0 Å². The van der Waals surface area contributed by atoms with Crippen molar-refractivity contribution in [1.82, 2.24) is 0 Å². The van der Waals surface area contributed by atoms with Crippen LogP contribution in [0.1, 0.15) is 13.8 Å². The van der Waals surface area contributed by atoms with E-state index in [-0.39, 0.29) is 51.2 Å². The summed E-state index contributed by atoms with van der Waals surface area (Å²) in [4.78, 5) is 58.2. The molecule has 4 aromatic rings. The summed E-state index contributed by atoms with van der Waals surface area (Å²) in [5.41, 5.74) is -1.73. The van der Waals surface area contributed by atoms with Crippen LogP contribution in [0.4, 0.5) is 34.1 Å². The number of azo groups is 2. The van der Waals surface area contributed by atoms with E-state index in [4.69, 9.17) is 4.55 Å². The number of amides is 1. The summed E-state index contributed by atoms with van der Waals surface area (Å²) in [5.74, 6) is -3.08. The summed E-state index contributed by atoms with van der Waals surface area (Å²) in [5, 5.41) is 51.1. The predicted molar refractivity (Wildman–Crippen MR) is 196 cm³/mol. The van der Waals surface area contributed by atoms with E-state index in [2.05, 4.69) is 30.8 Å². The average Bonchev–Trinajstić information content (AvgIpc) is 3.11. The third-order valence-electron chi connectivity index (χ3n) is 6.72. The zero-order valence-electron chi connectivity index (χ0n) is 29.3. The van der Waals surface area contributed by atoms with Crippen molar-refractivity contribution >= 4 is 123 Å². The van der Waals surface area contributed by atoms with Crippen LogP contribution in [-0.4, -0.2) is 117 Å². The van der Waals surface area contributed by atoms with Crippen molar-refractivity contribution in [3.63, 3.8) is 0 Å². The molecule has 0 fully saturated rings. The third-order valence-corrected chi connectivity index (χ3v) is 8.41. The molecule has 292 valence electrons. The molecule has 0 radical (unpaired) electrons. The Morgan fingerprint density at radius 2 is 1.14 bits per heavy atom. The number of anilines is 1. The number of nitrogens with one attached hydrogen (secondary N) is 1. The molecule has 22 nitrogen and oxygen atoms in total. The van der Waals surface area contributed by atoms with Gasteiger partial charge in [0.2, 0.25) is 6.04 Å². The van der Waals surface area contributed by atoms with Crippen LogP contribution in [0.25, 0.3) is 0 Å². The maximum absolute atomic E-state index is 12.2. The Kier molecular flexibility index (Phi) is 17.6. The van der Waals surface area contributed by atoms with Crippen molar-refractivity contribution < 1.29 is 55.3 Å². The second kappa shape index (κ2) is 21.1. The van der Waals surface area contributed by atoms with Gasteiger partial charge in [0.05, 0.1) is 20.4 Å². The summed E-state index contributed by atoms with van der Waals surface area (Å²) >= 11 is 0. The third kappa shape index (κ3) is 14.5.